The highest BCUT2D eigenvalue weighted by atomic mass is 79.9. The van der Waals surface area contributed by atoms with Crippen LogP contribution >= 0.6 is 15.9 Å². The SMILES string of the molecule is Cc1cccc(CC(CBr)CCC2CCCC2)c1. The zero-order chi connectivity index (χ0) is 12.8. The van der Waals surface area contributed by atoms with Crippen LogP contribution in [-0.4, -0.2) is 5.33 Å². The van der Waals surface area contributed by atoms with E-state index in [0.717, 1.165) is 17.2 Å². The Balaban J connectivity index is 1.81. The molecule has 0 aromatic heterocycles. The van der Waals surface area contributed by atoms with Crippen molar-refractivity contribution in [3.63, 3.8) is 0 Å². The molecule has 100 valence electrons. The summed E-state index contributed by atoms with van der Waals surface area (Å²) in [6.45, 7) is 2.19. The smallest absolute Gasteiger partial charge is 0.00628 e. The molecule has 0 amide bonds. The van der Waals surface area contributed by atoms with E-state index in [1.54, 1.807) is 0 Å². The van der Waals surface area contributed by atoms with Crippen LogP contribution in [0.15, 0.2) is 24.3 Å². The van der Waals surface area contributed by atoms with Crippen LogP contribution in [0.25, 0.3) is 0 Å². The third kappa shape index (κ3) is 4.42. The molecule has 1 fully saturated rings. The fourth-order valence-electron chi connectivity index (χ4n) is 3.18. The predicted octanol–water partition coefficient (Wildman–Crippen LogP) is 5.52. The van der Waals surface area contributed by atoms with E-state index < -0.39 is 0 Å². The molecule has 0 N–H and O–H groups in total. The Bertz CT molecular complexity index is 352. The second-order valence-corrected chi connectivity index (χ2v) is 6.59. The molecular formula is C17H25Br. The molecule has 1 aromatic rings. The molecule has 0 bridgehead atoms. The van der Waals surface area contributed by atoms with Gasteiger partial charge in [0.05, 0.1) is 0 Å². The highest BCUT2D eigenvalue weighted by molar-refractivity contribution is 9.09. The van der Waals surface area contributed by atoms with E-state index in [1.807, 2.05) is 0 Å². The summed E-state index contributed by atoms with van der Waals surface area (Å²) in [5.41, 5.74) is 2.89. The van der Waals surface area contributed by atoms with Crippen molar-refractivity contribution in [1.82, 2.24) is 0 Å². The minimum absolute atomic E-state index is 0.812. The highest BCUT2D eigenvalue weighted by Gasteiger charge is 2.17. The number of hydrogen-bond acceptors (Lipinski definition) is 0. The van der Waals surface area contributed by atoms with Crippen LogP contribution in [0.5, 0.6) is 0 Å². The van der Waals surface area contributed by atoms with Gasteiger partial charge in [-0.05, 0) is 37.2 Å². The molecule has 1 heteroatoms. The number of hydrogen-bond donors (Lipinski definition) is 0. The Morgan fingerprint density at radius 3 is 2.72 bits per heavy atom. The van der Waals surface area contributed by atoms with E-state index in [2.05, 4.69) is 47.1 Å². The Morgan fingerprint density at radius 2 is 2.06 bits per heavy atom. The van der Waals surface area contributed by atoms with Gasteiger partial charge in [0.1, 0.15) is 0 Å². The number of aryl methyl sites for hydroxylation is 1. The van der Waals surface area contributed by atoms with Crippen molar-refractivity contribution in [2.45, 2.75) is 51.9 Å². The maximum atomic E-state index is 3.70. The van der Waals surface area contributed by atoms with Crippen molar-refractivity contribution in [1.29, 1.82) is 0 Å². The highest BCUT2D eigenvalue weighted by Crippen LogP contribution is 2.30. The van der Waals surface area contributed by atoms with Gasteiger partial charge in [-0.2, -0.15) is 0 Å². The third-order valence-electron chi connectivity index (χ3n) is 4.28. The molecule has 18 heavy (non-hydrogen) atoms. The fraction of sp³-hybridized carbons (Fsp3) is 0.647. The van der Waals surface area contributed by atoms with E-state index in [-0.39, 0.29) is 0 Å². The van der Waals surface area contributed by atoms with Gasteiger partial charge in [0.15, 0.2) is 0 Å². The molecule has 0 aliphatic heterocycles. The summed E-state index contributed by atoms with van der Waals surface area (Å²) < 4.78 is 0. The molecule has 2 rings (SSSR count). The molecule has 1 unspecified atom stereocenters. The molecule has 1 aliphatic carbocycles. The van der Waals surface area contributed by atoms with E-state index in [1.165, 1.54) is 56.1 Å². The van der Waals surface area contributed by atoms with Crippen molar-refractivity contribution in [3.8, 4) is 0 Å². The van der Waals surface area contributed by atoms with Gasteiger partial charge < -0.3 is 0 Å². The van der Waals surface area contributed by atoms with Gasteiger partial charge in [-0.3, -0.25) is 0 Å². The minimum Gasteiger partial charge on any atom is -0.0925 e. The van der Waals surface area contributed by atoms with Crippen molar-refractivity contribution < 1.29 is 0 Å². The number of alkyl halides is 1. The predicted molar refractivity (Wildman–Crippen MR) is 83.4 cm³/mol. The van der Waals surface area contributed by atoms with Gasteiger partial charge in [0, 0.05) is 5.33 Å². The molecule has 0 radical (unpaired) electrons. The van der Waals surface area contributed by atoms with Gasteiger partial charge in [-0.1, -0.05) is 77.9 Å². The van der Waals surface area contributed by atoms with Crippen LogP contribution in [0.2, 0.25) is 0 Å². The maximum Gasteiger partial charge on any atom is 0.00628 e. The van der Waals surface area contributed by atoms with Gasteiger partial charge in [-0.15, -0.1) is 0 Å². The standard InChI is InChI=1S/C17H25Br/c1-14-5-4-8-16(11-14)12-17(13-18)10-9-15-6-2-3-7-15/h4-5,8,11,15,17H,2-3,6-7,9-10,12-13H2,1H3. The average molecular weight is 309 g/mol. The minimum atomic E-state index is 0.812. The molecule has 1 aliphatic rings. The van der Waals surface area contributed by atoms with E-state index >= 15 is 0 Å². The Kier molecular flexibility index (Phi) is 5.75. The third-order valence-corrected chi connectivity index (χ3v) is 5.20. The maximum absolute atomic E-state index is 3.70. The first-order chi connectivity index (χ1) is 8.78. The normalized spacial score (nSPS) is 18.1. The molecule has 1 atom stereocenters. The van der Waals surface area contributed by atoms with Crippen LogP contribution in [0.3, 0.4) is 0 Å². The second-order valence-electron chi connectivity index (χ2n) is 5.94. The monoisotopic (exact) mass is 308 g/mol. The number of halogens is 1. The van der Waals surface area contributed by atoms with E-state index in [4.69, 9.17) is 0 Å². The summed E-state index contributed by atoms with van der Waals surface area (Å²) in [5, 5.41) is 1.15. The molecule has 0 spiro atoms. The average Bonchev–Trinajstić information content (AvgIpc) is 2.87. The largest absolute Gasteiger partial charge is 0.0925 e. The first-order valence-electron chi connectivity index (χ1n) is 7.39. The molecular weight excluding hydrogens is 284 g/mol. The van der Waals surface area contributed by atoms with Crippen molar-refractivity contribution in [3.05, 3.63) is 35.4 Å². The lowest BCUT2D eigenvalue weighted by atomic mass is 9.91. The van der Waals surface area contributed by atoms with Crippen molar-refractivity contribution in [2.75, 3.05) is 5.33 Å². The molecule has 1 saturated carbocycles. The summed E-state index contributed by atoms with van der Waals surface area (Å²) in [4.78, 5) is 0. The molecule has 0 nitrogen and oxygen atoms in total. The summed E-state index contributed by atoms with van der Waals surface area (Å²) >= 11 is 3.70. The lowest BCUT2D eigenvalue weighted by molar-refractivity contribution is 0.419. The van der Waals surface area contributed by atoms with Crippen molar-refractivity contribution in [2.24, 2.45) is 11.8 Å². The molecule has 0 heterocycles. The van der Waals surface area contributed by atoms with E-state index in [0.29, 0.717) is 0 Å². The zero-order valence-electron chi connectivity index (χ0n) is 11.5. The quantitative estimate of drug-likeness (QED) is 0.607. The van der Waals surface area contributed by atoms with Crippen molar-refractivity contribution >= 4 is 15.9 Å². The summed E-state index contributed by atoms with van der Waals surface area (Å²) in [7, 11) is 0. The van der Waals surface area contributed by atoms with Crippen LogP contribution in [0.1, 0.15) is 49.7 Å². The lowest BCUT2D eigenvalue weighted by Gasteiger charge is -2.17. The Hall–Kier alpha value is -0.300. The fourth-order valence-corrected chi connectivity index (χ4v) is 3.73. The van der Waals surface area contributed by atoms with Gasteiger partial charge in [-0.25, -0.2) is 0 Å². The van der Waals surface area contributed by atoms with Gasteiger partial charge in [0.2, 0.25) is 0 Å². The first-order valence-corrected chi connectivity index (χ1v) is 8.51. The topological polar surface area (TPSA) is 0 Å². The van der Waals surface area contributed by atoms with Crippen LogP contribution < -0.4 is 0 Å². The number of rotatable bonds is 6. The van der Waals surface area contributed by atoms with Crippen LogP contribution in [-0.2, 0) is 6.42 Å². The van der Waals surface area contributed by atoms with Crippen LogP contribution in [0, 0.1) is 18.8 Å². The summed E-state index contributed by atoms with van der Waals surface area (Å²) in [5.74, 6) is 1.84. The van der Waals surface area contributed by atoms with Crippen LogP contribution in [0.4, 0.5) is 0 Å². The van der Waals surface area contributed by atoms with Gasteiger partial charge >= 0.3 is 0 Å². The second kappa shape index (κ2) is 7.33. The Morgan fingerprint density at radius 1 is 1.28 bits per heavy atom. The van der Waals surface area contributed by atoms with E-state index in [9.17, 15) is 0 Å². The zero-order valence-corrected chi connectivity index (χ0v) is 13.1. The summed E-state index contributed by atoms with van der Waals surface area (Å²) in [6, 6.07) is 8.99. The first kappa shape index (κ1) is 14.1. The summed E-state index contributed by atoms with van der Waals surface area (Å²) in [6.07, 6.45) is 9.99. The number of benzene rings is 1. The lowest BCUT2D eigenvalue weighted by Crippen LogP contribution is -2.08. The molecule has 1 aromatic carbocycles. The Labute approximate surface area is 120 Å². The van der Waals surface area contributed by atoms with Gasteiger partial charge in [0.25, 0.3) is 0 Å². The molecule has 0 saturated heterocycles.